The molecule has 2 heterocycles. The van der Waals surface area contributed by atoms with Gasteiger partial charge < -0.3 is 9.47 Å². The Kier molecular flexibility index (Phi) is 2.96. The summed E-state index contributed by atoms with van der Waals surface area (Å²) < 4.78 is 2.01. The van der Waals surface area contributed by atoms with Gasteiger partial charge >= 0.3 is 0 Å². The predicted octanol–water partition coefficient (Wildman–Crippen LogP) is 1.83. The predicted molar refractivity (Wildman–Crippen MR) is 74.6 cm³/mol. The minimum absolute atomic E-state index is 0.00257. The number of carbonyl (C=O) groups excluding carboxylic acids is 2. The molecule has 1 aromatic rings. The summed E-state index contributed by atoms with van der Waals surface area (Å²) in [5.74, 6) is 0.371. The highest BCUT2D eigenvalue weighted by molar-refractivity contribution is 5.97. The fourth-order valence-electron chi connectivity index (χ4n) is 3.36. The summed E-state index contributed by atoms with van der Waals surface area (Å²) in [5.41, 5.74) is 1.70. The van der Waals surface area contributed by atoms with Gasteiger partial charge in [-0.3, -0.25) is 9.59 Å². The number of nitrogens with zero attached hydrogens (tertiary/aromatic N) is 3. The van der Waals surface area contributed by atoms with Crippen molar-refractivity contribution < 1.29 is 9.59 Å². The number of Topliss-reactive ketones (excluding diaryl/α,β-unsaturated/α-hetero) is 1. The van der Waals surface area contributed by atoms with E-state index in [1.807, 2.05) is 11.6 Å². The maximum atomic E-state index is 12.4. The van der Waals surface area contributed by atoms with Gasteiger partial charge in [0.2, 0.25) is 5.91 Å². The van der Waals surface area contributed by atoms with E-state index in [2.05, 4.69) is 18.8 Å². The van der Waals surface area contributed by atoms with Crippen molar-refractivity contribution in [2.45, 2.75) is 45.6 Å². The van der Waals surface area contributed by atoms with Crippen LogP contribution >= 0.6 is 0 Å². The molecule has 0 spiro atoms. The largest absolute Gasteiger partial charge is 0.344 e. The van der Waals surface area contributed by atoms with Gasteiger partial charge in [0.1, 0.15) is 5.69 Å². The number of hydrogen-bond donors (Lipinski definition) is 0. The van der Waals surface area contributed by atoms with E-state index in [1.165, 1.54) is 0 Å². The van der Waals surface area contributed by atoms with Crippen molar-refractivity contribution in [3.63, 3.8) is 0 Å². The van der Waals surface area contributed by atoms with E-state index >= 15 is 0 Å². The van der Waals surface area contributed by atoms with Gasteiger partial charge in [-0.05, 0) is 18.3 Å². The molecule has 0 aromatic carbocycles. The quantitative estimate of drug-likeness (QED) is 0.785. The topological polar surface area (TPSA) is 55.2 Å². The number of likely N-dealkylation sites (N-methyl/N-ethyl adjacent to an activating group) is 1. The third-order valence-corrected chi connectivity index (χ3v) is 4.41. The van der Waals surface area contributed by atoms with Crippen LogP contribution in [0.3, 0.4) is 0 Å². The van der Waals surface area contributed by atoms with Crippen LogP contribution in [0.5, 0.6) is 0 Å². The maximum Gasteiger partial charge on any atom is 0.222 e. The molecule has 0 bridgehead atoms. The molecular formula is C15H21N3O2. The first-order chi connectivity index (χ1) is 9.37. The molecule has 1 fully saturated rings. The number of likely N-dealkylation sites (tertiary alicyclic amines) is 1. The van der Waals surface area contributed by atoms with Crippen molar-refractivity contribution in [1.29, 1.82) is 0 Å². The summed E-state index contributed by atoms with van der Waals surface area (Å²) in [4.78, 5) is 30.2. The average molecular weight is 275 g/mol. The van der Waals surface area contributed by atoms with Gasteiger partial charge in [-0.1, -0.05) is 13.8 Å². The Hall–Kier alpha value is -1.65. The molecular weight excluding hydrogens is 254 g/mol. The summed E-state index contributed by atoms with van der Waals surface area (Å²) in [6.07, 6.45) is 4.56. The molecule has 5 nitrogen and oxygen atoms in total. The zero-order chi connectivity index (χ0) is 14.5. The third-order valence-electron chi connectivity index (χ3n) is 4.41. The van der Waals surface area contributed by atoms with E-state index in [-0.39, 0.29) is 23.1 Å². The minimum Gasteiger partial charge on any atom is -0.344 e. The first kappa shape index (κ1) is 13.3. The van der Waals surface area contributed by atoms with Crippen molar-refractivity contribution >= 4 is 11.7 Å². The third kappa shape index (κ3) is 2.15. The SMILES string of the molecule is CN1CC(n2cnc3c2C(=O)CC(C)(C)C3)CCC1=O. The number of ketones is 1. The highest BCUT2D eigenvalue weighted by Crippen LogP contribution is 2.36. The zero-order valence-corrected chi connectivity index (χ0v) is 12.3. The van der Waals surface area contributed by atoms with Gasteiger partial charge in [-0.2, -0.15) is 0 Å². The Morgan fingerprint density at radius 3 is 2.75 bits per heavy atom. The molecule has 0 saturated carbocycles. The van der Waals surface area contributed by atoms with Gasteiger partial charge in [0, 0.05) is 26.4 Å². The van der Waals surface area contributed by atoms with Gasteiger partial charge in [0.15, 0.2) is 5.78 Å². The van der Waals surface area contributed by atoms with Gasteiger partial charge in [0.25, 0.3) is 0 Å². The number of rotatable bonds is 1. The Morgan fingerprint density at radius 1 is 1.30 bits per heavy atom. The van der Waals surface area contributed by atoms with E-state index < -0.39 is 0 Å². The van der Waals surface area contributed by atoms with Crippen LogP contribution in [-0.2, 0) is 11.2 Å². The molecule has 0 radical (unpaired) electrons. The smallest absolute Gasteiger partial charge is 0.222 e. The Balaban J connectivity index is 1.92. The number of fused-ring (bicyclic) bond motifs is 1. The zero-order valence-electron chi connectivity index (χ0n) is 12.3. The standard InChI is InChI=1S/C15H21N3O2/c1-15(2)6-11-14(12(19)7-15)18(9-16-11)10-4-5-13(20)17(3)8-10/h9-10H,4-8H2,1-3H3. The molecule has 3 rings (SSSR count). The Bertz CT molecular complexity index is 574. The molecule has 1 aliphatic heterocycles. The molecule has 0 N–H and O–H groups in total. The fraction of sp³-hybridized carbons (Fsp3) is 0.667. The Labute approximate surface area is 119 Å². The minimum atomic E-state index is 0.00257. The number of amides is 1. The number of aromatic nitrogens is 2. The van der Waals surface area contributed by atoms with Crippen LogP contribution in [0.4, 0.5) is 0 Å². The van der Waals surface area contributed by atoms with E-state index in [0.717, 1.165) is 24.2 Å². The van der Waals surface area contributed by atoms with Crippen molar-refractivity contribution in [1.82, 2.24) is 14.5 Å². The van der Waals surface area contributed by atoms with E-state index in [0.29, 0.717) is 19.4 Å². The highest BCUT2D eigenvalue weighted by Gasteiger charge is 2.36. The second kappa shape index (κ2) is 4.43. The number of carbonyl (C=O) groups is 2. The molecule has 1 aliphatic carbocycles. The fourth-order valence-corrected chi connectivity index (χ4v) is 3.36. The normalized spacial score (nSPS) is 25.8. The molecule has 108 valence electrons. The summed E-state index contributed by atoms with van der Waals surface area (Å²) in [6, 6.07) is 0.180. The van der Waals surface area contributed by atoms with Crippen molar-refractivity contribution in [3.8, 4) is 0 Å². The molecule has 1 aromatic heterocycles. The van der Waals surface area contributed by atoms with Gasteiger partial charge in [-0.15, -0.1) is 0 Å². The molecule has 20 heavy (non-hydrogen) atoms. The number of hydrogen-bond acceptors (Lipinski definition) is 3. The monoisotopic (exact) mass is 275 g/mol. The molecule has 1 atom stereocenters. The van der Waals surface area contributed by atoms with Crippen LogP contribution < -0.4 is 0 Å². The molecule has 5 heteroatoms. The lowest BCUT2D eigenvalue weighted by Gasteiger charge is -2.33. The lowest BCUT2D eigenvalue weighted by atomic mass is 9.77. The summed E-state index contributed by atoms with van der Waals surface area (Å²) in [5, 5.41) is 0. The Morgan fingerprint density at radius 2 is 2.05 bits per heavy atom. The van der Waals surface area contributed by atoms with Crippen LogP contribution in [0.15, 0.2) is 6.33 Å². The number of piperidine rings is 1. The first-order valence-corrected chi connectivity index (χ1v) is 7.20. The molecule has 1 saturated heterocycles. The van der Waals surface area contributed by atoms with E-state index in [4.69, 9.17) is 0 Å². The average Bonchev–Trinajstić information content (AvgIpc) is 2.75. The second-order valence-electron chi connectivity index (χ2n) is 6.85. The first-order valence-electron chi connectivity index (χ1n) is 7.20. The highest BCUT2D eigenvalue weighted by atomic mass is 16.2. The van der Waals surface area contributed by atoms with Crippen molar-refractivity contribution in [2.24, 2.45) is 5.41 Å². The van der Waals surface area contributed by atoms with Crippen LogP contribution in [-0.4, -0.2) is 39.7 Å². The molecule has 1 amide bonds. The van der Waals surface area contributed by atoms with Crippen molar-refractivity contribution in [3.05, 3.63) is 17.7 Å². The van der Waals surface area contributed by atoms with Crippen molar-refractivity contribution in [2.75, 3.05) is 13.6 Å². The maximum absolute atomic E-state index is 12.4. The lowest BCUT2D eigenvalue weighted by molar-refractivity contribution is -0.132. The second-order valence-corrected chi connectivity index (χ2v) is 6.85. The van der Waals surface area contributed by atoms with Crippen LogP contribution in [0.25, 0.3) is 0 Å². The van der Waals surface area contributed by atoms with E-state index in [9.17, 15) is 9.59 Å². The lowest BCUT2D eigenvalue weighted by Crippen LogP contribution is -2.39. The van der Waals surface area contributed by atoms with Crippen LogP contribution in [0.1, 0.15) is 55.3 Å². The number of imidazole rings is 1. The molecule has 2 aliphatic rings. The van der Waals surface area contributed by atoms with Crippen LogP contribution in [0.2, 0.25) is 0 Å². The van der Waals surface area contributed by atoms with Gasteiger partial charge in [-0.25, -0.2) is 4.98 Å². The summed E-state index contributed by atoms with van der Waals surface area (Å²) in [7, 11) is 1.82. The summed E-state index contributed by atoms with van der Waals surface area (Å²) >= 11 is 0. The van der Waals surface area contributed by atoms with Crippen LogP contribution in [0, 0.1) is 5.41 Å². The summed E-state index contributed by atoms with van der Waals surface area (Å²) in [6.45, 7) is 4.89. The van der Waals surface area contributed by atoms with E-state index in [1.54, 1.807) is 11.2 Å². The molecule has 1 unspecified atom stereocenters. The van der Waals surface area contributed by atoms with Gasteiger partial charge in [0.05, 0.1) is 18.1 Å².